The molecule has 0 spiro atoms. The summed E-state index contributed by atoms with van der Waals surface area (Å²) in [5.41, 5.74) is -2.26. The highest BCUT2D eigenvalue weighted by Crippen LogP contribution is 2.34. The largest absolute Gasteiger partial charge is 0.416 e. The fourth-order valence-corrected chi connectivity index (χ4v) is 4.25. The molecule has 0 aliphatic heterocycles. The summed E-state index contributed by atoms with van der Waals surface area (Å²) in [7, 11) is -4.53. The van der Waals surface area contributed by atoms with Crippen molar-refractivity contribution in [2.75, 3.05) is 4.72 Å². The molecule has 0 aliphatic carbocycles. The summed E-state index contributed by atoms with van der Waals surface area (Å²) in [6, 6.07) is 4.06. The van der Waals surface area contributed by atoms with Crippen LogP contribution in [0.4, 0.5) is 27.6 Å². The molecule has 1 unspecified atom stereocenters. The molecule has 0 saturated carbocycles. The number of sulfonamides is 1. The van der Waals surface area contributed by atoms with Crippen molar-refractivity contribution >= 4 is 26.7 Å². The maximum atomic E-state index is 15.1. The van der Waals surface area contributed by atoms with Crippen molar-refractivity contribution in [3.05, 3.63) is 83.4 Å². The van der Waals surface area contributed by atoms with E-state index < -0.39 is 55.6 Å². The van der Waals surface area contributed by atoms with Crippen LogP contribution in [0.15, 0.2) is 60.0 Å². The zero-order chi connectivity index (χ0) is 24.0. The predicted molar refractivity (Wildman–Crippen MR) is 107 cm³/mol. The highest BCUT2D eigenvalue weighted by atomic mass is 32.2. The number of rotatable bonds is 5. The van der Waals surface area contributed by atoms with Gasteiger partial charge in [0.1, 0.15) is 23.9 Å². The number of aromatic amines is 1. The summed E-state index contributed by atoms with van der Waals surface area (Å²) >= 11 is 0. The molecule has 7 nitrogen and oxygen atoms in total. The Bertz CT molecular complexity index is 1440. The normalized spacial score (nSPS) is 13.3. The monoisotopic (exact) mass is 484 g/mol. The number of halogens is 5. The summed E-state index contributed by atoms with van der Waals surface area (Å²) in [5, 5.41) is 10.9. The minimum atomic E-state index is -4.67. The first-order valence-electron chi connectivity index (χ1n) is 9.12. The third-order valence-electron chi connectivity index (χ3n) is 4.82. The molecular weight excluding hydrogens is 471 g/mol. The smallest absolute Gasteiger partial charge is 0.383 e. The van der Waals surface area contributed by atoms with Crippen molar-refractivity contribution in [1.82, 2.24) is 15.0 Å². The van der Waals surface area contributed by atoms with Gasteiger partial charge in [0.2, 0.25) is 0 Å². The number of alkyl halides is 3. The summed E-state index contributed by atoms with van der Waals surface area (Å²) in [6.45, 7) is 0. The second-order valence-electron chi connectivity index (χ2n) is 6.88. The topological polar surface area (TPSA) is 108 Å². The number of hydrogen-bond donors (Lipinski definition) is 3. The molecule has 0 saturated heterocycles. The zero-order valence-corrected chi connectivity index (χ0v) is 17.0. The molecular formula is C20H13F5N4O3S. The molecule has 2 aromatic carbocycles. The fourth-order valence-electron chi connectivity index (χ4n) is 3.19. The number of aromatic nitrogens is 3. The van der Waals surface area contributed by atoms with Crippen LogP contribution in [-0.4, -0.2) is 28.5 Å². The second kappa shape index (κ2) is 8.08. The Morgan fingerprint density at radius 3 is 2.42 bits per heavy atom. The maximum absolute atomic E-state index is 15.1. The maximum Gasteiger partial charge on any atom is 0.416 e. The molecule has 0 fully saturated rings. The number of H-pyrrole nitrogens is 1. The van der Waals surface area contributed by atoms with Crippen LogP contribution in [0.5, 0.6) is 0 Å². The first-order chi connectivity index (χ1) is 15.5. The van der Waals surface area contributed by atoms with Crippen LogP contribution in [0.25, 0.3) is 11.0 Å². The Morgan fingerprint density at radius 1 is 1.06 bits per heavy atom. The number of aliphatic hydroxyl groups excluding tert-OH is 1. The molecule has 13 heteroatoms. The average Bonchev–Trinajstić information content (AvgIpc) is 3.19. The fraction of sp³-hybridized carbons (Fsp3) is 0.100. The Balaban J connectivity index is 1.69. The molecule has 1 atom stereocenters. The highest BCUT2D eigenvalue weighted by molar-refractivity contribution is 7.92. The van der Waals surface area contributed by atoms with Crippen molar-refractivity contribution in [3.8, 4) is 0 Å². The van der Waals surface area contributed by atoms with E-state index in [0.29, 0.717) is 35.3 Å². The van der Waals surface area contributed by atoms with Gasteiger partial charge in [-0.2, -0.15) is 13.2 Å². The summed E-state index contributed by atoms with van der Waals surface area (Å²) in [4.78, 5) is 9.86. The Labute approximate surface area is 183 Å². The van der Waals surface area contributed by atoms with Gasteiger partial charge in [0.25, 0.3) is 10.0 Å². The van der Waals surface area contributed by atoms with Crippen LogP contribution in [0.1, 0.15) is 22.8 Å². The van der Waals surface area contributed by atoms with E-state index in [1.165, 1.54) is 18.7 Å². The number of nitrogens with one attached hydrogen (secondary N) is 2. The minimum absolute atomic E-state index is 0.0474. The van der Waals surface area contributed by atoms with Gasteiger partial charge in [-0.3, -0.25) is 4.72 Å². The molecule has 0 aliphatic rings. The van der Waals surface area contributed by atoms with Gasteiger partial charge in [-0.05, 0) is 36.4 Å². The van der Waals surface area contributed by atoms with Crippen molar-refractivity contribution in [1.29, 1.82) is 0 Å². The number of fused-ring (bicyclic) bond motifs is 1. The molecule has 33 heavy (non-hydrogen) atoms. The van der Waals surface area contributed by atoms with E-state index in [9.17, 15) is 31.1 Å². The van der Waals surface area contributed by atoms with Crippen molar-refractivity contribution in [2.45, 2.75) is 17.2 Å². The second-order valence-corrected chi connectivity index (χ2v) is 8.56. The summed E-state index contributed by atoms with van der Waals surface area (Å²) in [6.07, 6.45) is -2.68. The van der Waals surface area contributed by atoms with Gasteiger partial charge in [-0.1, -0.05) is 0 Å². The van der Waals surface area contributed by atoms with E-state index in [2.05, 4.69) is 15.0 Å². The van der Waals surface area contributed by atoms with E-state index in [0.717, 1.165) is 12.1 Å². The van der Waals surface area contributed by atoms with Crippen LogP contribution < -0.4 is 4.72 Å². The van der Waals surface area contributed by atoms with E-state index in [4.69, 9.17) is 0 Å². The van der Waals surface area contributed by atoms with Gasteiger partial charge in [0.05, 0.1) is 21.7 Å². The van der Waals surface area contributed by atoms with Gasteiger partial charge in [0.15, 0.2) is 5.82 Å². The molecule has 4 rings (SSSR count). The van der Waals surface area contributed by atoms with E-state index in [1.807, 2.05) is 4.72 Å². The summed E-state index contributed by atoms with van der Waals surface area (Å²) in [5.74, 6) is -2.55. The Hall–Kier alpha value is -3.58. The third-order valence-corrected chi connectivity index (χ3v) is 6.20. The molecule has 2 heterocycles. The number of hydrogen-bond acceptors (Lipinski definition) is 5. The third kappa shape index (κ3) is 4.24. The van der Waals surface area contributed by atoms with E-state index in [-0.39, 0.29) is 5.56 Å². The minimum Gasteiger partial charge on any atom is -0.383 e. The molecule has 172 valence electrons. The lowest BCUT2D eigenvalue weighted by Gasteiger charge is -2.16. The van der Waals surface area contributed by atoms with Gasteiger partial charge < -0.3 is 10.1 Å². The van der Waals surface area contributed by atoms with Crippen molar-refractivity contribution < 1.29 is 35.5 Å². The van der Waals surface area contributed by atoms with Gasteiger partial charge in [-0.25, -0.2) is 27.2 Å². The lowest BCUT2D eigenvalue weighted by molar-refractivity contribution is -0.137. The Kier molecular flexibility index (Phi) is 5.54. The van der Waals surface area contributed by atoms with Gasteiger partial charge in [0, 0.05) is 23.3 Å². The van der Waals surface area contributed by atoms with Crippen molar-refractivity contribution in [3.63, 3.8) is 0 Å². The predicted octanol–water partition coefficient (Wildman–Crippen LogP) is 4.14. The van der Waals surface area contributed by atoms with E-state index >= 15 is 4.39 Å². The number of nitrogens with zero attached hydrogens (tertiary/aromatic N) is 2. The molecule has 4 aromatic rings. The zero-order valence-electron chi connectivity index (χ0n) is 16.2. The SMILES string of the molecule is O=S(=O)(Nc1ccc(F)c(C(O)c2c[nH]c3ncncc23)c1F)c1ccc(C(F)(F)F)cc1. The number of aliphatic hydroxyl groups is 1. The van der Waals surface area contributed by atoms with E-state index in [1.54, 1.807) is 0 Å². The highest BCUT2D eigenvalue weighted by Gasteiger charge is 2.31. The molecule has 3 N–H and O–H groups in total. The molecule has 2 aromatic heterocycles. The van der Waals surface area contributed by atoms with Crippen LogP contribution in [0.3, 0.4) is 0 Å². The molecule has 0 bridgehead atoms. The quantitative estimate of drug-likeness (QED) is 0.369. The van der Waals surface area contributed by atoms with Crippen LogP contribution >= 0.6 is 0 Å². The standard InChI is InChI=1S/C20H13F5N4O3S/c21-14-5-6-15(29-33(31,32)11-3-1-10(2-4-11)20(23,24)25)17(22)16(14)18(30)12-8-27-19-13(12)7-26-9-28-19/h1-9,18,29-30H,(H,26,27,28). The van der Waals surface area contributed by atoms with Crippen LogP contribution in [-0.2, 0) is 16.2 Å². The van der Waals surface area contributed by atoms with Gasteiger partial charge in [-0.15, -0.1) is 0 Å². The Morgan fingerprint density at radius 2 is 1.76 bits per heavy atom. The van der Waals surface area contributed by atoms with Crippen LogP contribution in [0, 0.1) is 11.6 Å². The first-order valence-corrected chi connectivity index (χ1v) is 10.6. The lowest BCUT2D eigenvalue weighted by Crippen LogP contribution is -2.16. The number of anilines is 1. The van der Waals surface area contributed by atoms with Gasteiger partial charge >= 0.3 is 6.18 Å². The van der Waals surface area contributed by atoms with Crippen molar-refractivity contribution in [2.24, 2.45) is 0 Å². The molecule has 0 radical (unpaired) electrons. The average molecular weight is 484 g/mol. The first kappa shape index (κ1) is 22.6. The van der Waals surface area contributed by atoms with Crippen LogP contribution in [0.2, 0.25) is 0 Å². The lowest BCUT2D eigenvalue weighted by atomic mass is 10.0. The number of benzene rings is 2. The molecule has 0 amide bonds. The summed E-state index contributed by atoms with van der Waals surface area (Å²) < 4.78 is 94.7.